The molecule has 0 atom stereocenters. The van der Waals surface area contributed by atoms with Gasteiger partial charge in [-0.15, -0.1) is 0 Å². The maximum atomic E-state index is 13.1. The van der Waals surface area contributed by atoms with E-state index in [0.29, 0.717) is 6.04 Å². The minimum absolute atomic E-state index is 0.0854. The summed E-state index contributed by atoms with van der Waals surface area (Å²) in [5.74, 6) is -0.468. The zero-order chi connectivity index (χ0) is 9.97. The molecule has 1 saturated heterocycles. The van der Waals surface area contributed by atoms with E-state index in [0.717, 1.165) is 18.8 Å². The zero-order valence-corrected chi connectivity index (χ0v) is 7.55. The average molecular weight is 191 g/mol. The van der Waals surface area contributed by atoms with Crippen LogP contribution in [0.15, 0.2) is 18.2 Å². The third kappa shape index (κ3) is 1.68. The fourth-order valence-corrected chi connectivity index (χ4v) is 1.32. The number of nitriles is 1. The van der Waals surface area contributed by atoms with Crippen molar-refractivity contribution >= 4 is 5.69 Å². The summed E-state index contributed by atoms with van der Waals surface area (Å²) in [6.45, 7) is 1.81. The molecule has 1 aromatic carbocycles. The maximum absolute atomic E-state index is 13.1. The summed E-state index contributed by atoms with van der Waals surface area (Å²) >= 11 is 0. The van der Waals surface area contributed by atoms with Gasteiger partial charge in [0.1, 0.15) is 11.9 Å². The molecule has 1 aromatic rings. The molecule has 2 N–H and O–H groups in total. The largest absolute Gasteiger partial charge is 0.380 e. The van der Waals surface area contributed by atoms with Gasteiger partial charge in [0.2, 0.25) is 0 Å². The third-order valence-corrected chi connectivity index (χ3v) is 2.24. The molecule has 1 aliphatic heterocycles. The van der Waals surface area contributed by atoms with Crippen molar-refractivity contribution < 1.29 is 4.39 Å². The standard InChI is InChI=1S/C10H10FN3/c11-10-3-8(2-1-7(10)4-12)14-9-5-13-6-9/h1-3,9,13-14H,5-6H2. The number of hydrogen-bond donors (Lipinski definition) is 2. The summed E-state index contributed by atoms with van der Waals surface area (Å²) in [5.41, 5.74) is 0.815. The highest BCUT2D eigenvalue weighted by molar-refractivity contribution is 5.49. The Morgan fingerprint density at radius 3 is 2.79 bits per heavy atom. The van der Waals surface area contributed by atoms with Gasteiger partial charge in [-0.1, -0.05) is 0 Å². The van der Waals surface area contributed by atoms with Gasteiger partial charge in [0.05, 0.1) is 11.6 Å². The van der Waals surface area contributed by atoms with Gasteiger partial charge in [0, 0.05) is 18.8 Å². The van der Waals surface area contributed by atoms with Gasteiger partial charge < -0.3 is 10.6 Å². The predicted octanol–water partition coefficient (Wildman–Crippen LogP) is 1.08. The van der Waals surface area contributed by atoms with Crippen LogP contribution in [0.25, 0.3) is 0 Å². The van der Waals surface area contributed by atoms with Gasteiger partial charge in [0.15, 0.2) is 0 Å². The molecular formula is C10H10FN3. The third-order valence-electron chi connectivity index (χ3n) is 2.24. The second kappa shape index (κ2) is 3.64. The van der Waals surface area contributed by atoms with Crippen molar-refractivity contribution in [3.8, 4) is 6.07 Å². The number of halogens is 1. The van der Waals surface area contributed by atoms with Crippen molar-refractivity contribution in [1.29, 1.82) is 5.26 Å². The van der Waals surface area contributed by atoms with Gasteiger partial charge in [-0.05, 0) is 18.2 Å². The second-order valence-corrected chi connectivity index (χ2v) is 3.31. The molecule has 0 radical (unpaired) electrons. The fourth-order valence-electron chi connectivity index (χ4n) is 1.32. The first kappa shape index (κ1) is 8.97. The smallest absolute Gasteiger partial charge is 0.143 e. The van der Waals surface area contributed by atoms with Crippen molar-refractivity contribution in [2.45, 2.75) is 6.04 Å². The van der Waals surface area contributed by atoms with E-state index in [1.807, 2.05) is 0 Å². The van der Waals surface area contributed by atoms with E-state index in [2.05, 4.69) is 10.6 Å². The van der Waals surface area contributed by atoms with E-state index in [1.165, 1.54) is 12.1 Å². The van der Waals surface area contributed by atoms with E-state index < -0.39 is 5.82 Å². The van der Waals surface area contributed by atoms with E-state index in [1.54, 1.807) is 12.1 Å². The first-order chi connectivity index (χ1) is 6.79. The Morgan fingerprint density at radius 2 is 2.29 bits per heavy atom. The number of rotatable bonds is 2. The summed E-state index contributed by atoms with van der Waals surface area (Å²) in [7, 11) is 0. The Morgan fingerprint density at radius 1 is 1.50 bits per heavy atom. The van der Waals surface area contributed by atoms with Crippen molar-refractivity contribution in [3.63, 3.8) is 0 Å². The lowest BCUT2D eigenvalue weighted by Crippen LogP contribution is -2.51. The van der Waals surface area contributed by atoms with Crippen LogP contribution < -0.4 is 10.6 Å². The van der Waals surface area contributed by atoms with Gasteiger partial charge >= 0.3 is 0 Å². The molecule has 0 unspecified atom stereocenters. The quantitative estimate of drug-likeness (QED) is 0.735. The Hall–Kier alpha value is -1.60. The number of benzene rings is 1. The van der Waals surface area contributed by atoms with E-state index >= 15 is 0 Å². The Balaban J connectivity index is 2.12. The Bertz CT molecular complexity index is 379. The van der Waals surface area contributed by atoms with Crippen LogP contribution in [-0.4, -0.2) is 19.1 Å². The predicted molar refractivity (Wildman–Crippen MR) is 51.4 cm³/mol. The van der Waals surface area contributed by atoms with Crippen LogP contribution in [0.5, 0.6) is 0 Å². The molecule has 2 rings (SSSR count). The molecule has 14 heavy (non-hydrogen) atoms. The van der Waals surface area contributed by atoms with Crippen LogP contribution in [0.1, 0.15) is 5.56 Å². The molecule has 0 aliphatic carbocycles. The summed E-state index contributed by atoms with van der Waals surface area (Å²) < 4.78 is 13.1. The molecule has 0 saturated carbocycles. The first-order valence-corrected chi connectivity index (χ1v) is 4.46. The van der Waals surface area contributed by atoms with E-state index in [-0.39, 0.29) is 5.56 Å². The van der Waals surface area contributed by atoms with Gasteiger partial charge in [-0.2, -0.15) is 5.26 Å². The van der Waals surface area contributed by atoms with Crippen LogP contribution in [0.4, 0.5) is 10.1 Å². The molecular weight excluding hydrogens is 181 g/mol. The molecule has 0 spiro atoms. The lowest BCUT2D eigenvalue weighted by Gasteiger charge is -2.28. The maximum Gasteiger partial charge on any atom is 0.143 e. The van der Waals surface area contributed by atoms with Crippen molar-refractivity contribution in [1.82, 2.24) is 5.32 Å². The highest BCUT2D eigenvalue weighted by Crippen LogP contribution is 2.15. The molecule has 0 amide bonds. The normalized spacial score (nSPS) is 15.7. The molecule has 72 valence electrons. The van der Waals surface area contributed by atoms with Gasteiger partial charge in [-0.3, -0.25) is 0 Å². The van der Waals surface area contributed by atoms with Crippen molar-refractivity contribution in [2.24, 2.45) is 0 Å². The summed E-state index contributed by atoms with van der Waals surface area (Å²) in [6, 6.07) is 6.74. The number of nitrogens with one attached hydrogen (secondary N) is 2. The minimum atomic E-state index is -0.468. The van der Waals surface area contributed by atoms with Crippen LogP contribution in [0.3, 0.4) is 0 Å². The molecule has 0 bridgehead atoms. The van der Waals surface area contributed by atoms with Crippen LogP contribution in [0.2, 0.25) is 0 Å². The average Bonchev–Trinajstić information content (AvgIpc) is 2.12. The fraction of sp³-hybridized carbons (Fsp3) is 0.300. The number of nitrogens with zero attached hydrogens (tertiary/aromatic N) is 1. The Kier molecular flexibility index (Phi) is 2.33. The molecule has 1 aliphatic rings. The van der Waals surface area contributed by atoms with Crippen molar-refractivity contribution in [3.05, 3.63) is 29.6 Å². The number of hydrogen-bond acceptors (Lipinski definition) is 3. The summed E-state index contributed by atoms with van der Waals surface area (Å²) in [5, 5.41) is 14.8. The highest BCUT2D eigenvalue weighted by atomic mass is 19.1. The van der Waals surface area contributed by atoms with Crippen LogP contribution in [0, 0.1) is 17.1 Å². The van der Waals surface area contributed by atoms with Crippen LogP contribution >= 0.6 is 0 Å². The highest BCUT2D eigenvalue weighted by Gasteiger charge is 2.16. The van der Waals surface area contributed by atoms with Crippen LogP contribution in [-0.2, 0) is 0 Å². The monoisotopic (exact) mass is 191 g/mol. The molecule has 0 aromatic heterocycles. The van der Waals surface area contributed by atoms with E-state index in [9.17, 15) is 4.39 Å². The molecule has 4 heteroatoms. The zero-order valence-electron chi connectivity index (χ0n) is 7.55. The first-order valence-electron chi connectivity index (χ1n) is 4.46. The molecule has 1 fully saturated rings. The summed E-state index contributed by atoms with van der Waals surface area (Å²) in [4.78, 5) is 0. The lowest BCUT2D eigenvalue weighted by atomic mass is 10.1. The number of anilines is 1. The Labute approximate surface area is 81.5 Å². The summed E-state index contributed by atoms with van der Waals surface area (Å²) in [6.07, 6.45) is 0. The van der Waals surface area contributed by atoms with Gasteiger partial charge in [-0.25, -0.2) is 4.39 Å². The topological polar surface area (TPSA) is 47.9 Å². The second-order valence-electron chi connectivity index (χ2n) is 3.31. The van der Waals surface area contributed by atoms with Gasteiger partial charge in [0.25, 0.3) is 0 Å². The van der Waals surface area contributed by atoms with E-state index in [4.69, 9.17) is 5.26 Å². The SMILES string of the molecule is N#Cc1ccc(NC2CNC2)cc1F. The molecule has 3 nitrogen and oxygen atoms in total. The minimum Gasteiger partial charge on any atom is -0.380 e. The lowest BCUT2D eigenvalue weighted by molar-refractivity contribution is 0.472. The van der Waals surface area contributed by atoms with Crippen molar-refractivity contribution in [2.75, 3.05) is 18.4 Å². The molecule has 1 heterocycles.